The summed E-state index contributed by atoms with van der Waals surface area (Å²) < 4.78 is 24.9. The normalized spacial score (nSPS) is 24.8. The van der Waals surface area contributed by atoms with Crippen LogP contribution in [0.4, 0.5) is 4.39 Å². The van der Waals surface area contributed by atoms with Crippen LogP contribution in [0.15, 0.2) is 29.3 Å². The molecule has 0 aliphatic carbocycles. The first-order valence-electron chi connectivity index (χ1n) is 9.44. The van der Waals surface area contributed by atoms with Crippen molar-refractivity contribution in [1.29, 1.82) is 0 Å². The summed E-state index contributed by atoms with van der Waals surface area (Å²) in [6.45, 7) is 8.15. The first-order valence-corrected chi connectivity index (χ1v) is 9.44. The number of morpholine rings is 1. The Balaban J connectivity index is 1.59. The van der Waals surface area contributed by atoms with E-state index in [1.165, 1.54) is 12.1 Å². The van der Waals surface area contributed by atoms with Gasteiger partial charge in [0, 0.05) is 38.7 Å². The average molecular weight is 363 g/mol. The van der Waals surface area contributed by atoms with Crippen LogP contribution in [0.3, 0.4) is 0 Å². The van der Waals surface area contributed by atoms with Crippen LogP contribution in [-0.2, 0) is 14.9 Å². The quantitative estimate of drug-likeness (QED) is 0.660. The SMILES string of the molecule is CN=C(NCC(C)(C)c1ccc(F)cc1)N1CCOC(C2CCCO2)C1. The van der Waals surface area contributed by atoms with Crippen LogP contribution in [0.2, 0.25) is 0 Å². The summed E-state index contributed by atoms with van der Waals surface area (Å²) in [5, 5.41) is 3.49. The minimum atomic E-state index is -0.207. The van der Waals surface area contributed by atoms with Gasteiger partial charge in [-0.25, -0.2) is 4.39 Å². The van der Waals surface area contributed by atoms with Crippen molar-refractivity contribution in [1.82, 2.24) is 10.2 Å². The maximum atomic E-state index is 13.2. The number of rotatable bonds is 4. The van der Waals surface area contributed by atoms with Crippen LogP contribution in [-0.4, -0.2) is 63.0 Å². The van der Waals surface area contributed by atoms with Gasteiger partial charge in [0.1, 0.15) is 11.9 Å². The van der Waals surface area contributed by atoms with E-state index >= 15 is 0 Å². The smallest absolute Gasteiger partial charge is 0.193 e. The molecule has 2 unspecified atom stereocenters. The standard InChI is InChI=1S/C20H30FN3O2/c1-20(2,15-6-8-16(21)9-7-15)14-23-19(22-3)24-10-12-26-18(13-24)17-5-4-11-25-17/h6-9,17-18H,4-5,10-14H2,1-3H3,(H,22,23). The first kappa shape index (κ1) is 19.1. The van der Waals surface area contributed by atoms with E-state index in [-0.39, 0.29) is 23.4 Å². The molecule has 2 heterocycles. The Kier molecular flexibility index (Phi) is 6.14. The molecule has 26 heavy (non-hydrogen) atoms. The lowest BCUT2D eigenvalue weighted by Gasteiger charge is -2.38. The highest BCUT2D eigenvalue weighted by Crippen LogP contribution is 2.23. The van der Waals surface area contributed by atoms with E-state index in [0.29, 0.717) is 13.2 Å². The van der Waals surface area contributed by atoms with E-state index in [9.17, 15) is 4.39 Å². The lowest BCUT2D eigenvalue weighted by molar-refractivity contribution is -0.0817. The minimum Gasteiger partial charge on any atom is -0.375 e. The second-order valence-corrected chi connectivity index (χ2v) is 7.70. The van der Waals surface area contributed by atoms with Crippen LogP contribution < -0.4 is 5.32 Å². The summed E-state index contributed by atoms with van der Waals surface area (Å²) in [5.41, 5.74) is 0.963. The molecule has 0 amide bonds. The third-order valence-electron chi connectivity index (χ3n) is 5.30. The maximum Gasteiger partial charge on any atom is 0.193 e. The summed E-state index contributed by atoms with van der Waals surface area (Å²) in [4.78, 5) is 6.71. The number of aliphatic imine (C=N–C) groups is 1. The van der Waals surface area contributed by atoms with Gasteiger partial charge in [-0.2, -0.15) is 0 Å². The van der Waals surface area contributed by atoms with E-state index in [4.69, 9.17) is 9.47 Å². The van der Waals surface area contributed by atoms with Gasteiger partial charge in [-0.15, -0.1) is 0 Å². The molecule has 5 nitrogen and oxygen atoms in total. The van der Waals surface area contributed by atoms with Gasteiger partial charge >= 0.3 is 0 Å². The lowest BCUT2D eigenvalue weighted by Crippen LogP contribution is -2.54. The number of ether oxygens (including phenoxy) is 2. The molecule has 1 aromatic rings. The van der Waals surface area contributed by atoms with Crippen LogP contribution in [0.25, 0.3) is 0 Å². The largest absolute Gasteiger partial charge is 0.375 e. The second-order valence-electron chi connectivity index (χ2n) is 7.70. The second kappa shape index (κ2) is 8.35. The van der Waals surface area contributed by atoms with Crippen LogP contribution >= 0.6 is 0 Å². The third-order valence-corrected chi connectivity index (χ3v) is 5.30. The Labute approximate surface area is 155 Å². The van der Waals surface area contributed by atoms with Crippen LogP contribution in [0.1, 0.15) is 32.3 Å². The van der Waals surface area contributed by atoms with Crippen molar-refractivity contribution < 1.29 is 13.9 Å². The summed E-state index contributed by atoms with van der Waals surface area (Å²) in [6, 6.07) is 6.73. The van der Waals surface area contributed by atoms with Crippen molar-refractivity contribution in [2.75, 3.05) is 39.9 Å². The molecule has 2 aliphatic rings. The number of hydrogen-bond donors (Lipinski definition) is 1. The summed E-state index contributed by atoms with van der Waals surface area (Å²) in [6.07, 6.45) is 2.49. The van der Waals surface area contributed by atoms with E-state index in [0.717, 1.165) is 44.1 Å². The molecule has 0 spiro atoms. The number of nitrogens with zero attached hydrogens (tertiary/aromatic N) is 2. The molecule has 0 bridgehead atoms. The fraction of sp³-hybridized carbons (Fsp3) is 0.650. The Bertz CT molecular complexity index is 612. The van der Waals surface area contributed by atoms with Crippen LogP contribution in [0, 0.1) is 5.82 Å². The number of benzene rings is 1. The van der Waals surface area contributed by atoms with Gasteiger partial charge in [-0.05, 0) is 30.5 Å². The molecule has 2 atom stereocenters. The molecule has 3 rings (SSSR count). The van der Waals surface area contributed by atoms with Gasteiger partial charge in [-0.1, -0.05) is 26.0 Å². The molecule has 144 valence electrons. The van der Waals surface area contributed by atoms with E-state index in [2.05, 4.69) is 29.1 Å². The topological polar surface area (TPSA) is 46.1 Å². The van der Waals surface area contributed by atoms with Crippen molar-refractivity contribution in [3.63, 3.8) is 0 Å². The Morgan fingerprint density at radius 2 is 1.96 bits per heavy atom. The van der Waals surface area contributed by atoms with Crippen molar-refractivity contribution in [2.24, 2.45) is 4.99 Å². The minimum absolute atomic E-state index is 0.106. The molecule has 6 heteroatoms. The van der Waals surface area contributed by atoms with E-state index in [1.807, 2.05) is 19.2 Å². The van der Waals surface area contributed by atoms with E-state index in [1.54, 1.807) is 0 Å². The zero-order valence-electron chi connectivity index (χ0n) is 16.0. The predicted molar refractivity (Wildman–Crippen MR) is 101 cm³/mol. The third kappa shape index (κ3) is 4.54. The highest BCUT2D eigenvalue weighted by molar-refractivity contribution is 5.80. The van der Waals surface area contributed by atoms with Gasteiger partial charge in [0.05, 0.1) is 12.7 Å². The summed E-state index contributed by atoms with van der Waals surface area (Å²) in [7, 11) is 1.81. The average Bonchev–Trinajstić information content (AvgIpc) is 3.17. The molecular formula is C20H30FN3O2. The predicted octanol–water partition coefficient (Wildman–Crippen LogP) is 2.56. The number of halogens is 1. The highest BCUT2D eigenvalue weighted by Gasteiger charge is 2.32. The van der Waals surface area contributed by atoms with Gasteiger partial charge in [0.2, 0.25) is 0 Å². The summed E-state index contributed by atoms with van der Waals surface area (Å²) in [5.74, 6) is 0.674. The zero-order valence-corrected chi connectivity index (χ0v) is 16.0. The monoisotopic (exact) mass is 363 g/mol. The Morgan fingerprint density at radius 1 is 1.23 bits per heavy atom. The van der Waals surface area contributed by atoms with Gasteiger partial charge in [-0.3, -0.25) is 4.99 Å². The molecular weight excluding hydrogens is 333 g/mol. The molecule has 0 saturated carbocycles. The molecule has 1 aromatic carbocycles. The van der Waals surface area contributed by atoms with Gasteiger partial charge in [0.15, 0.2) is 5.96 Å². The number of hydrogen-bond acceptors (Lipinski definition) is 3. The molecule has 0 aromatic heterocycles. The molecule has 2 aliphatic heterocycles. The zero-order chi connectivity index (χ0) is 18.6. The molecule has 2 fully saturated rings. The van der Waals surface area contributed by atoms with E-state index < -0.39 is 0 Å². The Morgan fingerprint density at radius 3 is 2.62 bits per heavy atom. The fourth-order valence-corrected chi connectivity index (χ4v) is 3.62. The lowest BCUT2D eigenvalue weighted by atomic mass is 9.84. The highest BCUT2D eigenvalue weighted by atomic mass is 19.1. The fourth-order valence-electron chi connectivity index (χ4n) is 3.62. The number of guanidine groups is 1. The number of nitrogens with one attached hydrogen (secondary N) is 1. The molecule has 0 radical (unpaired) electrons. The van der Waals surface area contributed by atoms with Crippen molar-refractivity contribution in [2.45, 2.75) is 44.3 Å². The molecule has 1 N–H and O–H groups in total. The van der Waals surface area contributed by atoms with Crippen molar-refractivity contribution in [3.8, 4) is 0 Å². The van der Waals surface area contributed by atoms with Gasteiger partial charge in [0.25, 0.3) is 0 Å². The van der Waals surface area contributed by atoms with Crippen LogP contribution in [0.5, 0.6) is 0 Å². The van der Waals surface area contributed by atoms with Crippen molar-refractivity contribution in [3.05, 3.63) is 35.6 Å². The van der Waals surface area contributed by atoms with Gasteiger partial charge < -0.3 is 19.7 Å². The summed E-state index contributed by atoms with van der Waals surface area (Å²) >= 11 is 0. The Hall–Kier alpha value is -1.66. The van der Waals surface area contributed by atoms with Crippen molar-refractivity contribution >= 4 is 5.96 Å². The first-order chi connectivity index (χ1) is 12.5. The maximum absolute atomic E-state index is 13.2. The molecule has 2 saturated heterocycles.